The van der Waals surface area contributed by atoms with Gasteiger partial charge < -0.3 is 0 Å². The number of hydrogen-bond acceptors (Lipinski definition) is 2. The summed E-state index contributed by atoms with van der Waals surface area (Å²) in [5.74, 6) is 0. The molecule has 0 bridgehead atoms. The summed E-state index contributed by atoms with van der Waals surface area (Å²) in [4.78, 5) is 4.66. The number of aromatic nitrogens is 3. The van der Waals surface area contributed by atoms with Crippen LogP contribution in [0, 0.1) is 6.92 Å². The van der Waals surface area contributed by atoms with Crippen LogP contribution in [0.5, 0.6) is 0 Å². The predicted molar refractivity (Wildman–Crippen MR) is 89.5 cm³/mol. The molecule has 22 heavy (non-hydrogen) atoms. The van der Waals surface area contributed by atoms with Gasteiger partial charge in [-0.2, -0.15) is 5.10 Å². The second kappa shape index (κ2) is 5.11. The Balaban J connectivity index is 1.92. The normalized spacial score (nSPS) is 11.0. The molecule has 1 N–H and O–H groups in total. The number of nitrogens with one attached hydrogen (secondary N) is 1. The van der Waals surface area contributed by atoms with Crippen molar-refractivity contribution in [1.82, 2.24) is 15.2 Å². The zero-order chi connectivity index (χ0) is 14.9. The minimum atomic E-state index is 1.00. The van der Waals surface area contributed by atoms with E-state index < -0.39 is 0 Å². The summed E-state index contributed by atoms with van der Waals surface area (Å²) in [6, 6.07) is 20.9. The standard InChI is InChI=1S/C19H15N3/c1-13-5-4-8-19(21-13)17-7-3-2-6-16(17)14-9-10-18-15(11-14)12-20-22-18/h2-12H,1H3,(H,20,22). The van der Waals surface area contributed by atoms with Crippen LogP contribution < -0.4 is 0 Å². The molecule has 2 aromatic heterocycles. The third-order valence-electron chi connectivity index (χ3n) is 3.84. The first-order valence-electron chi connectivity index (χ1n) is 7.28. The quantitative estimate of drug-likeness (QED) is 0.584. The Morgan fingerprint density at radius 2 is 1.73 bits per heavy atom. The van der Waals surface area contributed by atoms with E-state index in [1.165, 1.54) is 11.1 Å². The molecule has 3 nitrogen and oxygen atoms in total. The van der Waals surface area contributed by atoms with E-state index in [9.17, 15) is 0 Å². The first kappa shape index (κ1) is 12.8. The highest BCUT2D eigenvalue weighted by molar-refractivity contribution is 5.88. The van der Waals surface area contributed by atoms with Crippen molar-refractivity contribution in [3.63, 3.8) is 0 Å². The summed E-state index contributed by atoms with van der Waals surface area (Å²) in [5, 5.41) is 8.20. The van der Waals surface area contributed by atoms with Crippen LogP contribution in [0.25, 0.3) is 33.3 Å². The predicted octanol–water partition coefficient (Wildman–Crippen LogP) is 4.60. The molecular formula is C19H15N3. The van der Waals surface area contributed by atoms with Gasteiger partial charge in [0.05, 0.1) is 17.4 Å². The van der Waals surface area contributed by atoms with E-state index in [0.717, 1.165) is 27.9 Å². The summed E-state index contributed by atoms with van der Waals surface area (Å²) in [6.45, 7) is 2.02. The van der Waals surface area contributed by atoms with Crippen molar-refractivity contribution >= 4 is 10.9 Å². The first-order valence-corrected chi connectivity index (χ1v) is 7.28. The number of aryl methyl sites for hydroxylation is 1. The van der Waals surface area contributed by atoms with Crippen LogP contribution in [0.3, 0.4) is 0 Å². The number of hydrogen-bond donors (Lipinski definition) is 1. The molecule has 106 valence electrons. The maximum Gasteiger partial charge on any atom is 0.0711 e. The maximum atomic E-state index is 4.66. The average molecular weight is 285 g/mol. The van der Waals surface area contributed by atoms with Crippen LogP contribution in [0.2, 0.25) is 0 Å². The summed E-state index contributed by atoms with van der Waals surface area (Å²) in [5.41, 5.74) is 6.58. The molecule has 0 amide bonds. The fraction of sp³-hybridized carbons (Fsp3) is 0.0526. The molecule has 0 aliphatic heterocycles. The van der Waals surface area contributed by atoms with E-state index in [1.807, 2.05) is 25.3 Å². The van der Waals surface area contributed by atoms with E-state index in [4.69, 9.17) is 0 Å². The Hall–Kier alpha value is -2.94. The lowest BCUT2D eigenvalue weighted by molar-refractivity contribution is 1.12. The van der Waals surface area contributed by atoms with Gasteiger partial charge in [-0.25, -0.2) is 0 Å². The van der Waals surface area contributed by atoms with Gasteiger partial charge in [0.25, 0.3) is 0 Å². The third kappa shape index (κ3) is 2.17. The Labute approximate surface area is 128 Å². The minimum Gasteiger partial charge on any atom is -0.278 e. The van der Waals surface area contributed by atoms with Crippen molar-refractivity contribution < 1.29 is 0 Å². The van der Waals surface area contributed by atoms with Gasteiger partial charge in [-0.05, 0) is 42.3 Å². The van der Waals surface area contributed by atoms with E-state index in [1.54, 1.807) is 0 Å². The lowest BCUT2D eigenvalue weighted by Gasteiger charge is -2.10. The monoisotopic (exact) mass is 285 g/mol. The van der Waals surface area contributed by atoms with Crippen LogP contribution in [-0.2, 0) is 0 Å². The van der Waals surface area contributed by atoms with Gasteiger partial charge in [-0.1, -0.05) is 36.4 Å². The number of nitrogens with zero attached hydrogens (tertiary/aromatic N) is 2. The van der Waals surface area contributed by atoms with Gasteiger partial charge in [0.1, 0.15) is 0 Å². The molecule has 2 aromatic carbocycles. The van der Waals surface area contributed by atoms with E-state index in [-0.39, 0.29) is 0 Å². The van der Waals surface area contributed by atoms with E-state index in [0.29, 0.717) is 0 Å². The van der Waals surface area contributed by atoms with Crippen molar-refractivity contribution in [2.24, 2.45) is 0 Å². The van der Waals surface area contributed by atoms with Gasteiger partial charge in [0.2, 0.25) is 0 Å². The molecular weight excluding hydrogens is 270 g/mol. The van der Waals surface area contributed by atoms with Gasteiger partial charge in [0.15, 0.2) is 0 Å². The molecule has 0 fully saturated rings. The SMILES string of the molecule is Cc1cccc(-c2ccccc2-c2ccc3[nH]ncc3c2)n1. The second-order valence-electron chi connectivity index (χ2n) is 5.38. The van der Waals surface area contributed by atoms with Gasteiger partial charge in [-0.3, -0.25) is 10.1 Å². The fourth-order valence-corrected chi connectivity index (χ4v) is 2.76. The fourth-order valence-electron chi connectivity index (χ4n) is 2.76. The van der Waals surface area contributed by atoms with Gasteiger partial charge in [-0.15, -0.1) is 0 Å². The number of H-pyrrole nitrogens is 1. The molecule has 0 atom stereocenters. The zero-order valence-electron chi connectivity index (χ0n) is 12.2. The first-order chi connectivity index (χ1) is 10.8. The molecule has 2 heterocycles. The number of pyridine rings is 1. The molecule has 0 saturated heterocycles. The van der Waals surface area contributed by atoms with Crippen molar-refractivity contribution in [2.75, 3.05) is 0 Å². The van der Waals surface area contributed by atoms with E-state index >= 15 is 0 Å². The van der Waals surface area contributed by atoms with Gasteiger partial charge >= 0.3 is 0 Å². The van der Waals surface area contributed by atoms with Gasteiger partial charge in [0, 0.05) is 16.6 Å². The van der Waals surface area contributed by atoms with Crippen molar-refractivity contribution in [3.8, 4) is 22.4 Å². The molecule has 0 aliphatic carbocycles. The average Bonchev–Trinajstić information content (AvgIpc) is 3.02. The Bertz CT molecular complexity index is 953. The van der Waals surface area contributed by atoms with E-state index in [2.05, 4.69) is 63.7 Å². The highest BCUT2D eigenvalue weighted by atomic mass is 15.1. The number of fused-ring (bicyclic) bond motifs is 1. The largest absolute Gasteiger partial charge is 0.278 e. The van der Waals surface area contributed by atoms with Crippen molar-refractivity contribution in [3.05, 3.63) is 72.6 Å². The topological polar surface area (TPSA) is 41.6 Å². The highest BCUT2D eigenvalue weighted by Crippen LogP contribution is 2.32. The second-order valence-corrected chi connectivity index (χ2v) is 5.38. The molecule has 0 saturated carbocycles. The van der Waals surface area contributed by atoms with Crippen LogP contribution >= 0.6 is 0 Å². The summed E-state index contributed by atoms with van der Waals surface area (Å²) >= 11 is 0. The number of rotatable bonds is 2. The molecule has 4 aromatic rings. The smallest absolute Gasteiger partial charge is 0.0711 e. The minimum absolute atomic E-state index is 1.00. The van der Waals surface area contributed by atoms with Crippen LogP contribution in [0.15, 0.2) is 66.9 Å². The highest BCUT2D eigenvalue weighted by Gasteiger charge is 2.09. The number of benzene rings is 2. The zero-order valence-corrected chi connectivity index (χ0v) is 12.2. The Morgan fingerprint density at radius 3 is 2.59 bits per heavy atom. The molecule has 0 aliphatic rings. The van der Waals surface area contributed by atoms with Crippen molar-refractivity contribution in [1.29, 1.82) is 0 Å². The molecule has 4 rings (SSSR count). The lowest BCUT2D eigenvalue weighted by Crippen LogP contribution is -1.89. The maximum absolute atomic E-state index is 4.66. The molecule has 0 radical (unpaired) electrons. The number of aromatic amines is 1. The summed E-state index contributed by atoms with van der Waals surface area (Å²) in [7, 11) is 0. The summed E-state index contributed by atoms with van der Waals surface area (Å²) < 4.78 is 0. The lowest BCUT2D eigenvalue weighted by atomic mass is 9.96. The Kier molecular flexibility index (Phi) is 2.97. The molecule has 0 unspecified atom stereocenters. The van der Waals surface area contributed by atoms with Crippen LogP contribution in [0.1, 0.15) is 5.69 Å². The molecule has 0 spiro atoms. The Morgan fingerprint density at radius 1 is 0.864 bits per heavy atom. The molecule has 3 heteroatoms. The van der Waals surface area contributed by atoms with Crippen molar-refractivity contribution in [2.45, 2.75) is 6.92 Å². The summed E-state index contributed by atoms with van der Waals surface area (Å²) in [6.07, 6.45) is 1.85. The van der Waals surface area contributed by atoms with Crippen LogP contribution in [0.4, 0.5) is 0 Å². The third-order valence-corrected chi connectivity index (χ3v) is 3.84. The van der Waals surface area contributed by atoms with Crippen LogP contribution in [-0.4, -0.2) is 15.2 Å².